The van der Waals surface area contributed by atoms with Crippen LogP contribution in [0.15, 0.2) is 24.3 Å². The van der Waals surface area contributed by atoms with Crippen molar-refractivity contribution < 1.29 is 23.5 Å². The van der Waals surface area contributed by atoms with Crippen molar-refractivity contribution in [2.75, 3.05) is 13.2 Å². The fraction of sp³-hybridized carbons (Fsp3) is 0.417. The van der Waals surface area contributed by atoms with Gasteiger partial charge in [0.2, 0.25) is 0 Å². The van der Waals surface area contributed by atoms with Crippen molar-refractivity contribution in [1.29, 1.82) is 0 Å². The number of carboxylic acid groups (broad SMARTS) is 1. The second-order valence-electron chi connectivity index (χ2n) is 3.55. The van der Waals surface area contributed by atoms with Gasteiger partial charge in [-0.1, -0.05) is 24.3 Å². The van der Waals surface area contributed by atoms with E-state index in [1.54, 1.807) is 32.0 Å². The van der Waals surface area contributed by atoms with Crippen LogP contribution in [0.5, 0.6) is 0 Å². The van der Waals surface area contributed by atoms with Gasteiger partial charge in [0.25, 0.3) is 0 Å². The summed E-state index contributed by atoms with van der Waals surface area (Å²) in [6, 6.07) is 6.24. The summed E-state index contributed by atoms with van der Waals surface area (Å²) >= 11 is 0. The maximum atomic E-state index is 12.3. The Morgan fingerprint density at radius 3 is 2.28 bits per heavy atom. The van der Waals surface area contributed by atoms with Crippen LogP contribution in [0.2, 0.25) is 0 Å². The van der Waals surface area contributed by atoms with Crippen LogP contribution in [0.25, 0.3) is 0 Å². The summed E-state index contributed by atoms with van der Waals surface area (Å²) in [5, 5.41) is 10.9. The van der Waals surface area contributed by atoms with Gasteiger partial charge in [0, 0.05) is 5.56 Å². The molecule has 0 unspecified atom stereocenters. The molecule has 0 aliphatic heterocycles. The maximum absolute atomic E-state index is 12.3. The van der Waals surface area contributed by atoms with E-state index < -0.39 is 13.6 Å². The molecular weight excluding hydrogens is 255 g/mol. The molecule has 18 heavy (non-hydrogen) atoms. The first kappa shape index (κ1) is 14.9. The van der Waals surface area contributed by atoms with Crippen molar-refractivity contribution in [3.8, 4) is 0 Å². The number of benzene rings is 1. The van der Waals surface area contributed by atoms with E-state index in [1.165, 1.54) is 6.07 Å². The highest BCUT2D eigenvalue weighted by molar-refractivity contribution is 7.53. The van der Waals surface area contributed by atoms with E-state index in [1.807, 2.05) is 0 Å². The fourth-order valence-corrected chi connectivity index (χ4v) is 3.32. The van der Waals surface area contributed by atoms with Gasteiger partial charge in [0.15, 0.2) is 0 Å². The van der Waals surface area contributed by atoms with Gasteiger partial charge in [0.05, 0.1) is 25.3 Å². The molecule has 0 saturated carbocycles. The molecule has 0 radical (unpaired) electrons. The van der Waals surface area contributed by atoms with E-state index >= 15 is 0 Å². The monoisotopic (exact) mass is 271 g/mol. The van der Waals surface area contributed by atoms with Crippen LogP contribution in [0.3, 0.4) is 0 Å². The molecule has 0 amide bonds. The standard InChI is InChI=1S/C12H17O5P/c1-3-16-18(15,17-4-2)9-10-7-5-6-8-11(10)12(13)14/h5-8H,3-4,9H2,1-2H3,(H,13,14)/p-1. The molecule has 0 heterocycles. The minimum atomic E-state index is -3.30. The van der Waals surface area contributed by atoms with Gasteiger partial charge < -0.3 is 18.9 Å². The lowest BCUT2D eigenvalue weighted by molar-refractivity contribution is -0.255. The van der Waals surface area contributed by atoms with Crippen molar-refractivity contribution in [1.82, 2.24) is 0 Å². The number of carbonyl (C=O) groups excluding carboxylic acids is 1. The molecule has 0 bridgehead atoms. The Labute approximate surface area is 106 Å². The van der Waals surface area contributed by atoms with Crippen LogP contribution in [0.4, 0.5) is 0 Å². The molecule has 0 atom stereocenters. The lowest BCUT2D eigenvalue weighted by atomic mass is 10.1. The molecule has 1 aromatic rings. The number of hydrogen-bond acceptors (Lipinski definition) is 5. The molecular formula is C12H16O5P-. The summed E-state index contributed by atoms with van der Waals surface area (Å²) in [5.41, 5.74) is 0.403. The summed E-state index contributed by atoms with van der Waals surface area (Å²) in [6.07, 6.45) is -0.0706. The summed E-state index contributed by atoms with van der Waals surface area (Å²) in [6.45, 7) is 3.89. The normalized spacial score (nSPS) is 11.4. The van der Waals surface area contributed by atoms with Gasteiger partial charge in [0.1, 0.15) is 0 Å². The predicted molar refractivity (Wildman–Crippen MR) is 65.3 cm³/mol. The Balaban J connectivity index is 3.01. The zero-order chi connectivity index (χ0) is 13.6. The zero-order valence-corrected chi connectivity index (χ0v) is 11.3. The van der Waals surface area contributed by atoms with E-state index in [-0.39, 0.29) is 24.9 Å². The molecule has 0 N–H and O–H groups in total. The number of hydrogen-bond donors (Lipinski definition) is 0. The molecule has 0 aromatic heterocycles. The van der Waals surface area contributed by atoms with Crippen LogP contribution in [-0.2, 0) is 19.8 Å². The first-order chi connectivity index (χ1) is 8.52. The Kier molecular flexibility index (Phi) is 5.54. The largest absolute Gasteiger partial charge is 0.545 e. The highest BCUT2D eigenvalue weighted by atomic mass is 31.2. The Bertz CT molecular complexity index is 448. The molecule has 100 valence electrons. The maximum Gasteiger partial charge on any atom is 0.335 e. The predicted octanol–water partition coefficient (Wildman–Crippen LogP) is 1.82. The van der Waals surface area contributed by atoms with Crippen molar-refractivity contribution in [3.63, 3.8) is 0 Å². The quantitative estimate of drug-likeness (QED) is 0.707. The van der Waals surface area contributed by atoms with Gasteiger partial charge in [-0.3, -0.25) is 4.57 Å². The van der Waals surface area contributed by atoms with Crippen LogP contribution >= 0.6 is 7.60 Å². The van der Waals surface area contributed by atoms with Crippen molar-refractivity contribution in [2.24, 2.45) is 0 Å². The minimum absolute atomic E-state index is 0.0112. The van der Waals surface area contributed by atoms with Crippen molar-refractivity contribution >= 4 is 13.6 Å². The molecule has 6 heteroatoms. The van der Waals surface area contributed by atoms with E-state index in [9.17, 15) is 14.5 Å². The van der Waals surface area contributed by atoms with E-state index in [0.717, 1.165) is 0 Å². The first-order valence-corrected chi connectivity index (χ1v) is 7.42. The van der Waals surface area contributed by atoms with Crippen LogP contribution in [0, 0.1) is 0 Å². The van der Waals surface area contributed by atoms with Gasteiger partial charge in [-0.25, -0.2) is 0 Å². The molecule has 1 aromatic carbocycles. The van der Waals surface area contributed by atoms with Crippen LogP contribution < -0.4 is 5.11 Å². The summed E-state index contributed by atoms with van der Waals surface area (Å²) in [7, 11) is -3.30. The number of aromatic carboxylic acids is 1. The SMILES string of the molecule is CCOP(=O)(Cc1ccccc1C(=O)[O-])OCC. The molecule has 0 fully saturated rings. The minimum Gasteiger partial charge on any atom is -0.545 e. The third-order valence-corrected chi connectivity index (χ3v) is 4.28. The van der Waals surface area contributed by atoms with Gasteiger partial charge >= 0.3 is 7.60 Å². The third-order valence-electron chi connectivity index (χ3n) is 2.25. The zero-order valence-electron chi connectivity index (χ0n) is 10.4. The second kappa shape index (κ2) is 6.69. The van der Waals surface area contributed by atoms with Crippen molar-refractivity contribution in [2.45, 2.75) is 20.0 Å². The molecule has 5 nitrogen and oxygen atoms in total. The molecule has 0 aliphatic rings. The van der Waals surface area contributed by atoms with Crippen LogP contribution in [-0.4, -0.2) is 19.2 Å². The average Bonchev–Trinajstić information content (AvgIpc) is 2.29. The van der Waals surface area contributed by atoms with Gasteiger partial charge in [-0.15, -0.1) is 0 Å². The molecule has 0 spiro atoms. The Hall–Kier alpha value is -1.16. The first-order valence-electron chi connectivity index (χ1n) is 5.69. The lowest BCUT2D eigenvalue weighted by Gasteiger charge is -2.18. The highest BCUT2D eigenvalue weighted by Crippen LogP contribution is 2.51. The van der Waals surface area contributed by atoms with E-state index in [4.69, 9.17) is 9.05 Å². The number of rotatable bonds is 7. The van der Waals surface area contributed by atoms with Gasteiger partial charge in [-0.05, 0) is 19.4 Å². The molecule has 1 rings (SSSR count). The lowest BCUT2D eigenvalue weighted by Crippen LogP contribution is -2.23. The smallest absolute Gasteiger partial charge is 0.335 e. The third kappa shape index (κ3) is 3.95. The molecule has 0 saturated heterocycles. The Morgan fingerprint density at radius 2 is 1.78 bits per heavy atom. The summed E-state index contributed by atoms with van der Waals surface area (Å²) in [5.74, 6) is -1.30. The highest BCUT2D eigenvalue weighted by Gasteiger charge is 2.25. The number of carboxylic acids is 1. The van der Waals surface area contributed by atoms with E-state index in [0.29, 0.717) is 5.56 Å². The molecule has 0 aliphatic carbocycles. The summed E-state index contributed by atoms with van der Waals surface area (Å²) < 4.78 is 22.6. The van der Waals surface area contributed by atoms with E-state index in [2.05, 4.69) is 0 Å². The average molecular weight is 271 g/mol. The fourth-order valence-electron chi connectivity index (χ4n) is 1.59. The van der Waals surface area contributed by atoms with Gasteiger partial charge in [-0.2, -0.15) is 0 Å². The topological polar surface area (TPSA) is 75.7 Å². The Morgan fingerprint density at radius 1 is 1.22 bits per heavy atom. The second-order valence-corrected chi connectivity index (χ2v) is 5.60. The van der Waals surface area contributed by atoms with Crippen molar-refractivity contribution in [3.05, 3.63) is 35.4 Å². The number of carbonyl (C=O) groups is 1. The van der Waals surface area contributed by atoms with Crippen LogP contribution in [0.1, 0.15) is 29.8 Å². The summed E-state index contributed by atoms with van der Waals surface area (Å²) in [4.78, 5) is 10.9.